The Kier molecular flexibility index (Phi) is 17.6. The number of nitrogens with two attached hydrogens (primary N) is 1. The SMILES string of the molecule is CC(C)(C)c1cc(N)cc(C(C)(C)C)c1.CC(C)(C)c1cc(N2CCNCC2)cc(C(C)(C)C)c1.Cl.ClCCNCCCl. The van der Waals surface area contributed by atoms with Gasteiger partial charge in [0.1, 0.15) is 0 Å². The molecule has 1 fully saturated rings. The molecular weight excluding hydrogens is 595 g/mol. The van der Waals surface area contributed by atoms with Gasteiger partial charge in [0.2, 0.25) is 0 Å². The third-order valence-electron chi connectivity index (χ3n) is 7.36. The number of nitrogens with zero attached hydrogens (tertiary/aromatic N) is 1. The average molecular weight is 658 g/mol. The summed E-state index contributed by atoms with van der Waals surface area (Å²) in [5, 5.41) is 6.45. The summed E-state index contributed by atoms with van der Waals surface area (Å²) in [6.45, 7) is 33.2. The highest BCUT2D eigenvalue weighted by Gasteiger charge is 2.23. The van der Waals surface area contributed by atoms with Gasteiger partial charge in [-0.25, -0.2) is 0 Å². The minimum Gasteiger partial charge on any atom is -0.399 e. The molecule has 1 aliphatic rings. The zero-order chi connectivity index (χ0) is 32.4. The second-order valence-corrected chi connectivity index (χ2v) is 16.2. The maximum Gasteiger partial charge on any atom is 0.0373 e. The molecule has 0 bridgehead atoms. The summed E-state index contributed by atoms with van der Waals surface area (Å²) in [7, 11) is 0. The minimum atomic E-state index is 0. The number of piperazine rings is 1. The number of rotatable bonds is 5. The van der Waals surface area contributed by atoms with E-state index < -0.39 is 0 Å². The lowest BCUT2D eigenvalue weighted by Gasteiger charge is -2.33. The van der Waals surface area contributed by atoms with E-state index in [1.54, 1.807) is 0 Å². The molecule has 0 amide bonds. The first-order valence-corrected chi connectivity index (χ1v) is 16.6. The topological polar surface area (TPSA) is 53.3 Å². The molecule has 0 atom stereocenters. The lowest BCUT2D eigenvalue weighted by Crippen LogP contribution is -2.43. The first-order valence-electron chi connectivity index (χ1n) is 15.6. The van der Waals surface area contributed by atoms with Crippen molar-refractivity contribution in [3.63, 3.8) is 0 Å². The summed E-state index contributed by atoms with van der Waals surface area (Å²) >= 11 is 10.7. The fourth-order valence-electron chi connectivity index (χ4n) is 4.36. The Balaban J connectivity index is 0.000000678. The van der Waals surface area contributed by atoms with E-state index in [1.807, 2.05) is 0 Å². The molecule has 43 heavy (non-hydrogen) atoms. The largest absolute Gasteiger partial charge is 0.399 e. The average Bonchev–Trinajstić information content (AvgIpc) is 2.88. The zero-order valence-electron chi connectivity index (χ0n) is 29.3. The summed E-state index contributed by atoms with van der Waals surface area (Å²) in [6, 6.07) is 13.6. The molecule has 0 unspecified atom stereocenters. The van der Waals surface area contributed by atoms with Gasteiger partial charge >= 0.3 is 0 Å². The predicted molar refractivity (Wildman–Crippen MR) is 199 cm³/mol. The smallest absolute Gasteiger partial charge is 0.0373 e. The van der Waals surface area contributed by atoms with E-state index in [9.17, 15) is 0 Å². The first kappa shape index (κ1) is 41.8. The number of hydrogen-bond acceptors (Lipinski definition) is 4. The number of alkyl halides is 2. The van der Waals surface area contributed by atoms with Crippen molar-refractivity contribution >= 4 is 47.0 Å². The van der Waals surface area contributed by atoms with Crippen molar-refractivity contribution in [2.45, 2.75) is 105 Å². The molecule has 0 saturated carbocycles. The fourth-order valence-corrected chi connectivity index (χ4v) is 4.63. The highest BCUT2D eigenvalue weighted by Crippen LogP contribution is 2.34. The Labute approximate surface area is 281 Å². The molecule has 1 aliphatic heterocycles. The van der Waals surface area contributed by atoms with Crippen molar-refractivity contribution in [2.24, 2.45) is 0 Å². The van der Waals surface area contributed by atoms with Crippen LogP contribution in [0.25, 0.3) is 0 Å². The van der Waals surface area contributed by atoms with Crippen LogP contribution < -0.4 is 21.3 Å². The third-order valence-corrected chi connectivity index (χ3v) is 7.74. The van der Waals surface area contributed by atoms with Crippen LogP contribution in [0.15, 0.2) is 36.4 Å². The number of halogens is 3. The molecular formula is C36H63Cl3N4. The molecule has 0 spiro atoms. The van der Waals surface area contributed by atoms with E-state index in [0.717, 1.165) is 45.0 Å². The van der Waals surface area contributed by atoms with Gasteiger partial charge in [-0.05, 0) is 68.2 Å². The molecule has 1 saturated heterocycles. The molecule has 248 valence electrons. The third kappa shape index (κ3) is 15.6. The normalized spacial score (nSPS) is 14.1. The summed E-state index contributed by atoms with van der Waals surface area (Å²) in [6.07, 6.45) is 0. The van der Waals surface area contributed by atoms with Gasteiger partial charge in [0, 0.05) is 62.4 Å². The molecule has 2 aromatic carbocycles. The lowest BCUT2D eigenvalue weighted by molar-refractivity contribution is 0.562. The summed E-state index contributed by atoms with van der Waals surface area (Å²) in [4.78, 5) is 2.51. The molecule has 7 heteroatoms. The van der Waals surface area contributed by atoms with Crippen molar-refractivity contribution in [1.29, 1.82) is 0 Å². The van der Waals surface area contributed by atoms with Gasteiger partial charge in [-0.1, -0.05) is 95.2 Å². The Bertz CT molecular complexity index is 999. The maximum absolute atomic E-state index is 5.95. The van der Waals surface area contributed by atoms with E-state index >= 15 is 0 Å². The number of benzene rings is 2. The summed E-state index contributed by atoms with van der Waals surface area (Å²) in [5.74, 6) is 1.33. The molecule has 0 aliphatic carbocycles. The number of nitrogen functional groups attached to an aromatic ring is 1. The number of hydrogen-bond donors (Lipinski definition) is 3. The van der Waals surface area contributed by atoms with Crippen LogP contribution in [0.4, 0.5) is 11.4 Å². The first-order chi connectivity index (χ1) is 19.2. The van der Waals surface area contributed by atoms with Crippen molar-refractivity contribution in [1.82, 2.24) is 10.6 Å². The fraction of sp³-hybridized carbons (Fsp3) is 0.667. The zero-order valence-corrected chi connectivity index (χ0v) is 31.6. The van der Waals surface area contributed by atoms with Gasteiger partial charge in [0.15, 0.2) is 0 Å². The van der Waals surface area contributed by atoms with Gasteiger partial charge in [0.05, 0.1) is 0 Å². The second kappa shape index (κ2) is 18.1. The van der Waals surface area contributed by atoms with Crippen LogP contribution in [0, 0.1) is 0 Å². The Morgan fingerprint density at radius 3 is 1.26 bits per heavy atom. The van der Waals surface area contributed by atoms with Crippen LogP contribution >= 0.6 is 35.6 Å². The predicted octanol–water partition coefficient (Wildman–Crippen LogP) is 9.03. The standard InChI is InChI=1S/C18H30N2.C14H23N.C4H9Cl2N.ClH/c1-17(2,3)14-11-15(18(4,5)6)13-16(12-14)20-9-7-19-8-10-20;1-13(2,3)10-7-11(14(4,5)6)9-12(15)8-10;5-1-3-7-4-2-6;/h11-13,19H,7-10H2,1-6H3;7-9H,15H2,1-6H3;7H,1-4H2;1H. The monoisotopic (exact) mass is 656 g/mol. The van der Waals surface area contributed by atoms with Crippen LogP contribution in [0.1, 0.15) is 105 Å². The van der Waals surface area contributed by atoms with Crippen molar-refractivity contribution in [2.75, 3.05) is 61.7 Å². The minimum absolute atomic E-state index is 0. The van der Waals surface area contributed by atoms with Gasteiger partial charge < -0.3 is 21.3 Å². The van der Waals surface area contributed by atoms with Crippen LogP contribution in [0.2, 0.25) is 0 Å². The van der Waals surface area contributed by atoms with Crippen molar-refractivity contribution in [3.8, 4) is 0 Å². The highest BCUT2D eigenvalue weighted by molar-refractivity contribution is 6.18. The van der Waals surface area contributed by atoms with E-state index in [0.29, 0.717) is 11.8 Å². The van der Waals surface area contributed by atoms with E-state index in [-0.39, 0.29) is 34.1 Å². The quantitative estimate of drug-likeness (QED) is 0.171. The lowest BCUT2D eigenvalue weighted by atomic mass is 9.80. The van der Waals surface area contributed by atoms with E-state index in [2.05, 4.69) is 135 Å². The van der Waals surface area contributed by atoms with E-state index in [4.69, 9.17) is 28.9 Å². The molecule has 1 heterocycles. The molecule has 2 aromatic rings. The van der Waals surface area contributed by atoms with Gasteiger partial charge in [-0.3, -0.25) is 0 Å². The van der Waals surface area contributed by atoms with Gasteiger partial charge in [-0.2, -0.15) is 0 Å². The number of anilines is 2. The molecule has 3 rings (SSSR count). The van der Waals surface area contributed by atoms with Gasteiger partial charge in [0.25, 0.3) is 0 Å². The van der Waals surface area contributed by atoms with Gasteiger partial charge in [-0.15, -0.1) is 35.6 Å². The maximum atomic E-state index is 5.95. The highest BCUT2D eigenvalue weighted by atomic mass is 35.5. The van der Waals surface area contributed by atoms with E-state index in [1.165, 1.54) is 27.9 Å². The van der Waals surface area contributed by atoms with Crippen LogP contribution in [0.3, 0.4) is 0 Å². The Hall–Kier alpha value is -1.17. The Morgan fingerprint density at radius 1 is 0.628 bits per heavy atom. The second-order valence-electron chi connectivity index (χ2n) is 15.5. The molecule has 4 nitrogen and oxygen atoms in total. The number of nitrogens with one attached hydrogen (secondary N) is 2. The molecule has 0 radical (unpaired) electrons. The van der Waals surface area contributed by atoms with Crippen LogP contribution in [0.5, 0.6) is 0 Å². The molecule has 4 N–H and O–H groups in total. The van der Waals surface area contributed by atoms with Crippen molar-refractivity contribution in [3.05, 3.63) is 58.7 Å². The molecule has 0 aromatic heterocycles. The Morgan fingerprint density at radius 2 is 0.953 bits per heavy atom. The van der Waals surface area contributed by atoms with Crippen LogP contribution in [-0.2, 0) is 21.7 Å². The summed E-state index contributed by atoms with van der Waals surface area (Å²) < 4.78 is 0. The summed E-state index contributed by atoms with van der Waals surface area (Å²) in [5.41, 5.74) is 14.4. The van der Waals surface area contributed by atoms with Crippen LogP contribution in [-0.4, -0.2) is 51.0 Å². The van der Waals surface area contributed by atoms with Crippen molar-refractivity contribution < 1.29 is 0 Å².